The lowest BCUT2D eigenvalue weighted by Gasteiger charge is -2.08. The molecule has 0 saturated carbocycles. The molecule has 0 aliphatic carbocycles. The quantitative estimate of drug-likeness (QED) is 0.674. The Morgan fingerprint density at radius 1 is 1.11 bits per heavy atom. The van der Waals surface area contributed by atoms with Crippen LogP contribution in [0.4, 0.5) is 4.79 Å². The SMILES string of the molecule is CCCCOCCCNC(=O)NCc1ccccc1. The van der Waals surface area contributed by atoms with Crippen LogP contribution in [0.1, 0.15) is 31.7 Å². The second-order valence-electron chi connectivity index (χ2n) is 4.41. The Hall–Kier alpha value is -1.55. The number of hydrogen-bond acceptors (Lipinski definition) is 2. The van der Waals surface area contributed by atoms with Crippen LogP contribution in [0.5, 0.6) is 0 Å². The molecule has 0 saturated heterocycles. The lowest BCUT2D eigenvalue weighted by molar-refractivity contribution is 0.129. The number of nitrogens with one attached hydrogen (secondary N) is 2. The smallest absolute Gasteiger partial charge is 0.315 e. The van der Waals surface area contributed by atoms with Crippen molar-refractivity contribution in [1.82, 2.24) is 10.6 Å². The van der Waals surface area contributed by atoms with Gasteiger partial charge in [-0.2, -0.15) is 0 Å². The molecule has 0 fully saturated rings. The molecule has 0 aromatic heterocycles. The summed E-state index contributed by atoms with van der Waals surface area (Å²) in [6.45, 7) is 4.87. The van der Waals surface area contributed by atoms with Crippen molar-refractivity contribution in [2.75, 3.05) is 19.8 Å². The van der Waals surface area contributed by atoms with E-state index in [9.17, 15) is 4.79 Å². The van der Waals surface area contributed by atoms with Gasteiger partial charge in [0.15, 0.2) is 0 Å². The highest BCUT2D eigenvalue weighted by atomic mass is 16.5. The van der Waals surface area contributed by atoms with Gasteiger partial charge in [0, 0.05) is 26.3 Å². The molecule has 0 heterocycles. The summed E-state index contributed by atoms with van der Waals surface area (Å²) in [4.78, 5) is 11.5. The first kappa shape index (κ1) is 15.5. The van der Waals surface area contributed by atoms with Gasteiger partial charge in [0.2, 0.25) is 0 Å². The summed E-state index contributed by atoms with van der Waals surface area (Å²) in [5, 5.41) is 5.63. The van der Waals surface area contributed by atoms with E-state index in [0.717, 1.165) is 31.4 Å². The maximum Gasteiger partial charge on any atom is 0.315 e. The first-order chi connectivity index (χ1) is 9.33. The highest BCUT2D eigenvalue weighted by Gasteiger charge is 1.99. The average Bonchev–Trinajstić information content (AvgIpc) is 2.45. The maximum atomic E-state index is 11.5. The van der Waals surface area contributed by atoms with E-state index in [4.69, 9.17) is 4.74 Å². The Kier molecular flexibility index (Phi) is 8.47. The third-order valence-corrected chi connectivity index (χ3v) is 2.69. The zero-order valence-electron chi connectivity index (χ0n) is 11.7. The Balaban J connectivity index is 1.96. The predicted molar refractivity (Wildman–Crippen MR) is 77.0 cm³/mol. The number of unbranched alkanes of at least 4 members (excludes halogenated alkanes) is 1. The van der Waals surface area contributed by atoms with E-state index in [1.807, 2.05) is 30.3 Å². The first-order valence-electron chi connectivity index (χ1n) is 6.96. The second-order valence-corrected chi connectivity index (χ2v) is 4.41. The maximum absolute atomic E-state index is 11.5. The number of carbonyl (C=O) groups excluding carboxylic acids is 1. The van der Waals surface area contributed by atoms with Crippen molar-refractivity contribution in [1.29, 1.82) is 0 Å². The number of benzene rings is 1. The van der Waals surface area contributed by atoms with Gasteiger partial charge in [-0.05, 0) is 18.4 Å². The molecule has 2 amide bonds. The zero-order valence-corrected chi connectivity index (χ0v) is 11.7. The largest absolute Gasteiger partial charge is 0.381 e. The van der Waals surface area contributed by atoms with E-state index in [-0.39, 0.29) is 6.03 Å². The molecule has 0 aliphatic heterocycles. The molecule has 4 nitrogen and oxygen atoms in total. The normalized spacial score (nSPS) is 10.2. The highest BCUT2D eigenvalue weighted by molar-refractivity contribution is 5.73. The van der Waals surface area contributed by atoms with Crippen molar-refractivity contribution in [3.63, 3.8) is 0 Å². The zero-order chi connectivity index (χ0) is 13.8. The van der Waals surface area contributed by atoms with Crippen LogP contribution in [-0.4, -0.2) is 25.8 Å². The van der Waals surface area contributed by atoms with Crippen LogP contribution in [0.3, 0.4) is 0 Å². The van der Waals surface area contributed by atoms with Crippen molar-refractivity contribution >= 4 is 6.03 Å². The molecular formula is C15H24N2O2. The van der Waals surface area contributed by atoms with Gasteiger partial charge in [-0.3, -0.25) is 0 Å². The average molecular weight is 264 g/mol. The Morgan fingerprint density at radius 2 is 1.84 bits per heavy atom. The monoisotopic (exact) mass is 264 g/mol. The molecule has 1 rings (SSSR count). The molecule has 4 heteroatoms. The van der Waals surface area contributed by atoms with Gasteiger partial charge in [0.05, 0.1) is 0 Å². The molecule has 0 spiro atoms. The lowest BCUT2D eigenvalue weighted by Crippen LogP contribution is -2.35. The molecule has 0 bridgehead atoms. The van der Waals surface area contributed by atoms with Crippen molar-refractivity contribution in [2.24, 2.45) is 0 Å². The fourth-order valence-corrected chi connectivity index (χ4v) is 1.57. The van der Waals surface area contributed by atoms with Crippen LogP contribution in [0.15, 0.2) is 30.3 Å². The summed E-state index contributed by atoms with van der Waals surface area (Å²) in [5.74, 6) is 0. The van der Waals surface area contributed by atoms with Crippen LogP contribution in [0, 0.1) is 0 Å². The van der Waals surface area contributed by atoms with E-state index >= 15 is 0 Å². The van der Waals surface area contributed by atoms with Gasteiger partial charge in [-0.25, -0.2) is 4.79 Å². The van der Waals surface area contributed by atoms with Gasteiger partial charge >= 0.3 is 6.03 Å². The van der Waals surface area contributed by atoms with E-state index in [0.29, 0.717) is 19.7 Å². The Morgan fingerprint density at radius 3 is 2.58 bits per heavy atom. The topological polar surface area (TPSA) is 50.4 Å². The van der Waals surface area contributed by atoms with E-state index in [1.54, 1.807) is 0 Å². The van der Waals surface area contributed by atoms with Crippen LogP contribution < -0.4 is 10.6 Å². The summed E-state index contributed by atoms with van der Waals surface area (Å²) in [6, 6.07) is 9.73. The third-order valence-electron chi connectivity index (χ3n) is 2.69. The van der Waals surface area contributed by atoms with Crippen LogP contribution >= 0.6 is 0 Å². The van der Waals surface area contributed by atoms with Gasteiger partial charge in [-0.1, -0.05) is 43.7 Å². The third kappa shape index (κ3) is 8.21. The molecular weight excluding hydrogens is 240 g/mol. The van der Waals surface area contributed by atoms with E-state index in [1.165, 1.54) is 0 Å². The predicted octanol–water partition coefficient (Wildman–Crippen LogP) is 2.69. The molecule has 0 atom stereocenters. The molecule has 0 aliphatic rings. The lowest BCUT2D eigenvalue weighted by atomic mass is 10.2. The molecule has 0 unspecified atom stereocenters. The van der Waals surface area contributed by atoms with Crippen molar-refractivity contribution in [2.45, 2.75) is 32.7 Å². The molecule has 2 N–H and O–H groups in total. The minimum absolute atomic E-state index is 0.127. The van der Waals surface area contributed by atoms with Crippen molar-refractivity contribution < 1.29 is 9.53 Å². The van der Waals surface area contributed by atoms with Gasteiger partial charge in [0.25, 0.3) is 0 Å². The van der Waals surface area contributed by atoms with Gasteiger partial charge in [-0.15, -0.1) is 0 Å². The van der Waals surface area contributed by atoms with E-state index in [2.05, 4.69) is 17.6 Å². The molecule has 1 aromatic rings. The first-order valence-corrected chi connectivity index (χ1v) is 6.96. The molecule has 19 heavy (non-hydrogen) atoms. The Bertz CT molecular complexity index is 341. The molecule has 1 aromatic carbocycles. The van der Waals surface area contributed by atoms with Crippen molar-refractivity contribution in [3.8, 4) is 0 Å². The van der Waals surface area contributed by atoms with Crippen molar-refractivity contribution in [3.05, 3.63) is 35.9 Å². The summed E-state index contributed by atoms with van der Waals surface area (Å²) < 4.78 is 5.41. The molecule has 0 radical (unpaired) electrons. The van der Waals surface area contributed by atoms with Crippen LogP contribution in [0.2, 0.25) is 0 Å². The fraction of sp³-hybridized carbons (Fsp3) is 0.533. The second kappa shape index (κ2) is 10.4. The number of amides is 2. The van der Waals surface area contributed by atoms with Crippen LogP contribution in [-0.2, 0) is 11.3 Å². The number of hydrogen-bond donors (Lipinski definition) is 2. The van der Waals surface area contributed by atoms with Gasteiger partial charge < -0.3 is 15.4 Å². The standard InChI is InChI=1S/C15H24N2O2/c1-2-3-11-19-12-7-10-16-15(18)17-13-14-8-5-4-6-9-14/h4-6,8-9H,2-3,7,10-13H2,1H3,(H2,16,17,18). The minimum atomic E-state index is -0.127. The minimum Gasteiger partial charge on any atom is -0.381 e. The van der Waals surface area contributed by atoms with Gasteiger partial charge in [0.1, 0.15) is 0 Å². The summed E-state index contributed by atoms with van der Waals surface area (Å²) in [6.07, 6.45) is 3.10. The summed E-state index contributed by atoms with van der Waals surface area (Å²) >= 11 is 0. The Labute approximate surface area is 115 Å². The van der Waals surface area contributed by atoms with E-state index < -0.39 is 0 Å². The molecule has 106 valence electrons. The number of carbonyl (C=O) groups is 1. The number of rotatable bonds is 9. The number of urea groups is 1. The van der Waals surface area contributed by atoms with Crippen LogP contribution in [0.25, 0.3) is 0 Å². The number of ether oxygens (including phenoxy) is 1. The highest BCUT2D eigenvalue weighted by Crippen LogP contribution is 1.96. The summed E-state index contributed by atoms with van der Waals surface area (Å²) in [7, 11) is 0. The fourth-order valence-electron chi connectivity index (χ4n) is 1.57. The summed E-state index contributed by atoms with van der Waals surface area (Å²) in [5.41, 5.74) is 1.10.